The zero-order valence-electron chi connectivity index (χ0n) is 15.2. The molecule has 0 unspecified atom stereocenters. The van der Waals surface area contributed by atoms with E-state index in [1.807, 2.05) is 23.1 Å². The Balaban J connectivity index is 1.76. The normalized spacial score (nSPS) is 14.2. The average molecular weight is 338 g/mol. The van der Waals surface area contributed by atoms with Gasteiger partial charge in [0, 0.05) is 31.2 Å². The third kappa shape index (κ3) is 3.85. The van der Waals surface area contributed by atoms with Crippen molar-refractivity contribution in [1.82, 2.24) is 10.2 Å². The quantitative estimate of drug-likeness (QED) is 0.878. The van der Waals surface area contributed by atoms with E-state index in [1.54, 1.807) is 7.11 Å². The molecule has 2 aromatic carbocycles. The fraction of sp³-hybridized carbons (Fsp3) is 0.381. The lowest BCUT2D eigenvalue weighted by Gasteiger charge is -2.35. The van der Waals surface area contributed by atoms with Crippen LogP contribution in [0.4, 0.5) is 0 Å². The molecule has 0 atom stereocenters. The Morgan fingerprint density at radius 3 is 2.40 bits per heavy atom. The van der Waals surface area contributed by atoms with Crippen molar-refractivity contribution in [3.63, 3.8) is 0 Å². The number of rotatable bonds is 6. The van der Waals surface area contributed by atoms with Gasteiger partial charge in [0.2, 0.25) is 5.91 Å². The molecule has 1 aliphatic rings. The summed E-state index contributed by atoms with van der Waals surface area (Å²) >= 11 is 0. The Hall–Kier alpha value is -2.33. The van der Waals surface area contributed by atoms with E-state index in [1.165, 1.54) is 0 Å². The van der Waals surface area contributed by atoms with E-state index in [0.717, 1.165) is 35.5 Å². The minimum absolute atomic E-state index is 0.134. The highest BCUT2D eigenvalue weighted by Crippen LogP contribution is 2.29. The summed E-state index contributed by atoms with van der Waals surface area (Å²) in [7, 11) is 1.69. The molecule has 0 aromatic heterocycles. The maximum absolute atomic E-state index is 12.6. The number of nitrogens with zero attached hydrogens (tertiary/aromatic N) is 1. The van der Waals surface area contributed by atoms with Crippen molar-refractivity contribution in [3.8, 4) is 16.9 Å². The average Bonchev–Trinajstić information content (AvgIpc) is 2.58. The standard InChI is InChI=1S/C21H26N2O2/c1-15(2)23(21(24)18-12-22-13-18)14-16-8-10-17(11-9-16)19-6-4-5-7-20(19)25-3/h4-11,15,18,22H,12-14H2,1-3H3. The Morgan fingerprint density at radius 2 is 1.84 bits per heavy atom. The second-order valence-corrected chi connectivity index (χ2v) is 6.81. The smallest absolute Gasteiger partial charge is 0.228 e. The minimum Gasteiger partial charge on any atom is -0.496 e. The molecule has 4 nitrogen and oxygen atoms in total. The van der Waals surface area contributed by atoms with E-state index in [0.29, 0.717) is 6.54 Å². The van der Waals surface area contributed by atoms with Crippen molar-refractivity contribution in [2.75, 3.05) is 20.2 Å². The topological polar surface area (TPSA) is 41.6 Å². The molecular formula is C21H26N2O2. The molecule has 2 aromatic rings. The highest BCUT2D eigenvalue weighted by molar-refractivity contribution is 5.80. The summed E-state index contributed by atoms with van der Waals surface area (Å²) in [4.78, 5) is 14.6. The monoisotopic (exact) mass is 338 g/mol. The van der Waals surface area contributed by atoms with Crippen LogP contribution in [-0.4, -0.2) is 37.0 Å². The predicted molar refractivity (Wildman–Crippen MR) is 100 cm³/mol. The van der Waals surface area contributed by atoms with Crippen LogP contribution in [-0.2, 0) is 11.3 Å². The van der Waals surface area contributed by atoms with Gasteiger partial charge in [-0.05, 0) is 31.0 Å². The number of carbonyl (C=O) groups is 1. The molecule has 1 aliphatic heterocycles. The van der Waals surface area contributed by atoms with Crippen LogP contribution >= 0.6 is 0 Å². The summed E-state index contributed by atoms with van der Waals surface area (Å²) in [5.74, 6) is 1.25. The van der Waals surface area contributed by atoms with E-state index in [4.69, 9.17) is 4.74 Å². The third-order valence-electron chi connectivity index (χ3n) is 4.76. The molecule has 4 heteroatoms. The van der Waals surface area contributed by atoms with Crippen molar-refractivity contribution in [2.45, 2.75) is 26.4 Å². The summed E-state index contributed by atoms with van der Waals surface area (Å²) in [6.45, 7) is 6.41. The first kappa shape index (κ1) is 17.5. The molecule has 1 saturated heterocycles. The fourth-order valence-corrected chi connectivity index (χ4v) is 3.08. The summed E-state index contributed by atoms with van der Waals surface area (Å²) < 4.78 is 5.44. The number of benzene rings is 2. The molecule has 1 amide bonds. The van der Waals surface area contributed by atoms with Crippen LogP contribution in [0.3, 0.4) is 0 Å². The molecule has 0 radical (unpaired) electrons. The maximum Gasteiger partial charge on any atom is 0.228 e. The van der Waals surface area contributed by atoms with E-state index in [-0.39, 0.29) is 17.9 Å². The summed E-state index contributed by atoms with van der Waals surface area (Å²) in [6, 6.07) is 16.6. The number of nitrogens with one attached hydrogen (secondary N) is 1. The number of carbonyl (C=O) groups excluding carboxylic acids is 1. The number of ether oxygens (including phenoxy) is 1. The highest BCUT2D eigenvalue weighted by Gasteiger charge is 2.30. The van der Waals surface area contributed by atoms with Gasteiger partial charge in [0.25, 0.3) is 0 Å². The predicted octanol–water partition coefficient (Wildman–Crippen LogP) is 3.32. The highest BCUT2D eigenvalue weighted by atomic mass is 16.5. The second-order valence-electron chi connectivity index (χ2n) is 6.81. The number of amides is 1. The molecule has 0 saturated carbocycles. The molecular weight excluding hydrogens is 312 g/mol. The number of para-hydroxylation sites is 1. The van der Waals surface area contributed by atoms with Gasteiger partial charge in [-0.3, -0.25) is 4.79 Å². The summed E-state index contributed by atoms with van der Waals surface area (Å²) in [6.07, 6.45) is 0. The van der Waals surface area contributed by atoms with E-state index in [2.05, 4.69) is 49.5 Å². The van der Waals surface area contributed by atoms with Gasteiger partial charge in [0.1, 0.15) is 5.75 Å². The van der Waals surface area contributed by atoms with E-state index < -0.39 is 0 Å². The molecule has 25 heavy (non-hydrogen) atoms. The van der Waals surface area contributed by atoms with Crippen molar-refractivity contribution in [1.29, 1.82) is 0 Å². The largest absolute Gasteiger partial charge is 0.496 e. The van der Waals surface area contributed by atoms with Crippen LogP contribution in [0.5, 0.6) is 5.75 Å². The van der Waals surface area contributed by atoms with Crippen LogP contribution < -0.4 is 10.1 Å². The van der Waals surface area contributed by atoms with Gasteiger partial charge in [0.05, 0.1) is 13.0 Å². The van der Waals surface area contributed by atoms with Crippen LogP contribution in [0.1, 0.15) is 19.4 Å². The molecule has 0 aliphatic carbocycles. The van der Waals surface area contributed by atoms with Gasteiger partial charge >= 0.3 is 0 Å². The maximum atomic E-state index is 12.6. The first-order chi connectivity index (χ1) is 12.1. The fourth-order valence-electron chi connectivity index (χ4n) is 3.08. The van der Waals surface area contributed by atoms with Crippen molar-refractivity contribution in [2.24, 2.45) is 5.92 Å². The second kappa shape index (κ2) is 7.70. The zero-order chi connectivity index (χ0) is 17.8. The molecule has 1 N–H and O–H groups in total. The lowest BCUT2D eigenvalue weighted by Crippen LogP contribution is -2.53. The van der Waals surface area contributed by atoms with Crippen LogP contribution in [0.25, 0.3) is 11.1 Å². The summed E-state index contributed by atoms with van der Waals surface area (Å²) in [5.41, 5.74) is 3.34. The Morgan fingerprint density at radius 1 is 1.16 bits per heavy atom. The van der Waals surface area contributed by atoms with Crippen molar-refractivity contribution in [3.05, 3.63) is 54.1 Å². The van der Waals surface area contributed by atoms with Gasteiger partial charge in [0.15, 0.2) is 0 Å². The first-order valence-electron chi connectivity index (χ1n) is 8.83. The SMILES string of the molecule is COc1ccccc1-c1ccc(CN(C(=O)C2CNC2)C(C)C)cc1. The van der Waals surface area contributed by atoms with Crippen LogP contribution in [0, 0.1) is 5.92 Å². The van der Waals surface area contributed by atoms with Gasteiger partial charge in [-0.2, -0.15) is 0 Å². The lowest BCUT2D eigenvalue weighted by molar-refractivity contribution is -0.139. The lowest BCUT2D eigenvalue weighted by atomic mass is 9.99. The van der Waals surface area contributed by atoms with Crippen LogP contribution in [0.2, 0.25) is 0 Å². The third-order valence-corrected chi connectivity index (χ3v) is 4.76. The van der Waals surface area contributed by atoms with E-state index in [9.17, 15) is 4.79 Å². The summed E-state index contributed by atoms with van der Waals surface area (Å²) in [5, 5.41) is 3.18. The molecule has 132 valence electrons. The van der Waals surface area contributed by atoms with Crippen molar-refractivity contribution < 1.29 is 9.53 Å². The van der Waals surface area contributed by atoms with Gasteiger partial charge in [-0.15, -0.1) is 0 Å². The molecule has 1 fully saturated rings. The zero-order valence-corrected chi connectivity index (χ0v) is 15.2. The Kier molecular flexibility index (Phi) is 5.39. The Bertz CT molecular complexity index is 721. The molecule has 3 rings (SSSR count). The Labute approximate surface area is 149 Å². The molecule has 0 spiro atoms. The first-order valence-corrected chi connectivity index (χ1v) is 8.83. The van der Waals surface area contributed by atoms with E-state index >= 15 is 0 Å². The number of methoxy groups -OCH3 is 1. The van der Waals surface area contributed by atoms with Gasteiger partial charge < -0.3 is 15.0 Å². The number of hydrogen-bond donors (Lipinski definition) is 1. The molecule has 0 bridgehead atoms. The minimum atomic E-state index is 0.134. The molecule has 1 heterocycles. The van der Waals surface area contributed by atoms with Crippen molar-refractivity contribution >= 4 is 5.91 Å². The van der Waals surface area contributed by atoms with Crippen LogP contribution in [0.15, 0.2) is 48.5 Å². The van der Waals surface area contributed by atoms with Gasteiger partial charge in [-0.25, -0.2) is 0 Å². The number of hydrogen-bond acceptors (Lipinski definition) is 3. The van der Waals surface area contributed by atoms with Gasteiger partial charge in [-0.1, -0.05) is 42.5 Å².